The summed E-state index contributed by atoms with van der Waals surface area (Å²) in [5.41, 5.74) is 1.14. The van der Waals surface area contributed by atoms with Crippen LogP contribution in [0.2, 0.25) is 0 Å². The zero-order chi connectivity index (χ0) is 13.7. The van der Waals surface area contributed by atoms with Gasteiger partial charge in [-0.05, 0) is 31.0 Å². The van der Waals surface area contributed by atoms with E-state index in [4.69, 9.17) is 4.74 Å². The monoisotopic (exact) mass is 298 g/mol. The van der Waals surface area contributed by atoms with Crippen molar-refractivity contribution in [3.63, 3.8) is 0 Å². The maximum absolute atomic E-state index is 12.4. The van der Waals surface area contributed by atoms with Crippen molar-refractivity contribution >= 4 is 18.3 Å². The van der Waals surface area contributed by atoms with Crippen LogP contribution in [0.5, 0.6) is 5.75 Å². The van der Waals surface area contributed by atoms with Gasteiger partial charge in [-0.2, -0.15) is 0 Å². The van der Waals surface area contributed by atoms with Crippen LogP contribution in [0, 0.1) is 6.92 Å². The van der Waals surface area contributed by atoms with Crippen molar-refractivity contribution in [2.24, 2.45) is 0 Å². The Labute approximate surface area is 126 Å². The van der Waals surface area contributed by atoms with Crippen molar-refractivity contribution in [3.8, 4) is 5.75 Å². The molecule has 0 radical (unpaired) electrons. The third-order valence-corrected chi connectivity index (χ3v) is 3.34. The average Bonchev–Trinajstić information content (AvgIpc) is 2.45. The summed E-state index contributed by atoms with van der Waals surface area (Å²) in [6.07, 6.45) is 0.316. The van der Waals surface area contributed by atoms with E-state index in [1.165, 1.54) is 0 Å². The predicted molar refractivity (Wildman–Crippen MR) is 82.6 cm³/mol. The number of carbonyl (C=O) groups is 1. The first kappa shape index (κ1) is 16.8. The fourth-order valence-electron chi connectivity index (χ4n) is 2.25. The van der Waals surface area contributed by atoms with Gasteiger partial charge in [0.2, 0.25) is 0 Å². The number of halogens is 1. The van der Waals surface area contributed by atoms with Crippen molar-refractivity contribution in [2.45, 2.75) is 26.4 Å². The van der Waals surface area contributed by atoms with Crippen molar-refractivity contribution in [3.05, 3.63) is 29.8 Å². The molecule has 1 fully saturated rings. The van der Waals surface area contributed by atoms with Crippen molar-refractivity contribution in [2.75, 3.05) is 26.2 Å². The summed E-state index contributed by atoms with van der Waals surface area (Å²) in [5.74, 6) is 0.876. The van der Waals surface area contributed by atoms with Gasteiger partial charge in [0.15, 0.2) is 6.10 Å². The number of ether oxygens (including phenoxy) is 1. The summed E-state index contributed by atoms with van der Waals surface area (Å²) in [6, 6.07) is 7.84. The molecule has 1 aliphatic rings. The van der Waals surface area contributed by atoms with Gasteiger partial charge in [-0.15, -0.1) is 12.4 Å². The van der Waals surface area contributed by atoms with Crippen LogP contribution in [0.3, 0.4) is 0 Å². The molecular weight excluding hydrogens is 276 g/mol. The highest BCUT2D eigenvalue weighted by molar-refractivity contribution is 5.85. The lowest BCUT2D eigenvalue weighted by molar-refractivity contribution is -0.139. The Morgan fingerprint density at radius 3 is 2.70 bits per heavy atom. The van der Waals surface area contributed by atoms with Gasteiger partial charge in [0.1, 0.15) is 5.75 Å². The summed E-state index contributed by atoms with van der Waals surface area (Å²) < 4.78 is 5.85. The third kappa shape index (κ3) is 4.39. The molecule has 0 aromatic heterocycles. The molecular formula is C15H23ClN2O2. The average molecular weight is 299 g/mol. The lowest BCUT2D eigenvalue weighted by Crippen LogP contribution is -2.50. The van der Waals surface area contributed by atoms with Crippen LogP contribution in [-0.4, -0.2) is 43.1 Å². The lowest BCUT2D eigenvalue weighted by atomic mass is 10.2. The molecule has 0 spiro atoms. The smallest absolute Gasteiger partial charge is 0.263 e. The van der Waals surface area contributed by atoms with Crippen molar-refractivity contribution < 1.29 is 9.53 Å². The number of rotatable bonds is 4. The number of aryl methyl sites for hydroxylation is 1. The SMILES string of the molecule is CCC(Oc1cccc(C)c1)C(=O)N1CCNCC1.Cl. The second kappa shape index (κ2) is 8.12. The molecule has 20 heavy (non-hydrogen) atoms. The van der Waals surface area contributed by atoms with E-state index in [1.54, 1.807) is 0 Å². The summed E-state index contributed by atoms with van der Waals surface area (Å²) in [5, 5.41) is 3.25. The number of benzene rings is 1. The zero-order valence-electron chi connectivity index (χ0n) is 12.1. The maximum Gasteiger partial charge on any atom is 0.263 e. The first-order valence-corrected chi connectivity index (χ1v) is 6.93. The van der Waals surface area contributed by atoms with Crippen LogP contribution in [0.25, 0.3) is 0 Å². The van der Waals surface area contributed by atoms with Gasteiger partial charge in [-0.3, -0.25) is 4.79 Å². The quantitative estimate of drug-likeness (QED) is 0.924. The molecule has 2 rings (SSSR count). The Hall–Kier alpha value is -1.26. The van der Waals surface area contributed by atoms with Crippen LogP contribution in [0.4, 0.5) is 0 Å². The zero-order valence-corrected chi connectivity index (χ0v) is 12.9. The van der Waals surface area contributed by atoms with Crippen molar-refractivity contribution in [1.82, 2.24) is 10.2 Å². The Kier molecular flexibility index (Phi) is 6.82. The van der Waals surface area contributed by atoms with Crippen LogP contribution in [0.1, 0.15) is 18.9 Å². The summed E-state index contributed by atoms with van der Waals surface area (Å²) in [6.45, 7) is 7.28. The van der Waals surface area contributed by atoms with Gasteiger partial charge >= 0.3 is 0 Å². The fraction of sp³-hybridized carbons (Fsp3) is 0.533. The van der Waals surface area contributed by atoms with E-state index in [9.17, 15) is 4.79 Å². The van der Waals surface area contributed by atoms with E-state index in [2.05, 4.69) is 5.32 Å². The molecule has 1 amide bonds. The van der Waals surface area contributed by atoms with E-state index in [0.29, 0.717) is 6.42 Å². The van der Waals surface area contributed by atoms with Gasteiger partial charge in [0.25, 0.3) is 5.91 Å². The Bertz CT molecular complexity index is 434. The van der Waals surface area contributed by atoms with E-state index in [1.807, 2.05) is 43.0 Å². The second-order valence-corrected chi connectivity index (χ2v) is 4.91. The highest BCUT2D eigenvalue weighted by Crippen LogP contribution is 2.16. The Balaban J connectivity index is 0.00000200. The molecule has 0 aliphatic carbocycles. The standard InChI is InChI=1S/C15H22N2O2.ClH/c1-3-14(15(18)17-9-7-16-8-10-17)19-13-6-4-5-12(2)11-13;/h4-6,11,14,16H,3,7-10H2,1-2H3;1H. The van der Waals surface area contributed by atoms with Crippen LogP contribution < -0.4 is 10.1 Å². The number of piperazine rings is 1. The molecule has 1 atom stereocenters. The molecule has 1 aromatic carbocycles. The molecule has 1 heterocycles. The summed E-state index contributed by atoms with van der Waals surface area (Å²) >= 11 is 0. The Morgan fingerprint density at radius 1 is 1.40 bits per heavy atom. The molecule has 1 aromatic rings. The first-order valence-electron chi connectivity index (χ1n) is 6.93. The van der Waals surface area contributed by atoms with Gasteiger partial charge in [-0.25, -0.2) is 0 Å². The molecule has 1 saturated heterocycles. The van der Waals surface area contributed by atoms with Gasteiger partial charge in [-0.1, -0.05) is 19.1 Å². The molecule has 1 aliphatic heterocycles. The topological polar surface area (TPSA) is 41.6 Å². The van der Waals surface area contributed by atoms with Gasteiger partial charge in [0, 0.05) is 26.2 Å². The first-order chi connectivity index (χ1) is 9.20. The second-order valence-electron chi connectivity index (χ2n) is 4.91. The number of carbonyl (C=O) groups excluding carboxylic acids is 1. The van der Waals surface area contributed by atoms with Gasteiger partial charge in [0.05, 0.1) is 0 Å². The summed E-state index contributed by atoms with van der Waals surface area (Å²) in [4.78, 5) is 14.3. The number of nitrogens with zero attached hydrogens (tertiary/aromatic N) is 1. The molecule has 1 unspecified atom stereocenters. The van der Waals surface area contributed by atoms with Gasteiger partial charge < -0.3 is 15.0 Å². The Morgan fingerprint density at radius 2 is 2.10 bits per heavy atom. The van der Waals surface area contributed by atoms with E-state index in [-0.39, 0.29) is 24.4 Å². The molecule has 5 heteroatoms. The van der Waals surface area contributed by atoms with E-state index < -0.39 is 0 Å². The molecule has 112 valence electrons. The van der Waals surface area contributed by atoms with Crippen LogP contribution >= 0.6 is 12.4 Å². The normalized spacial score (nSPS) is 16.2. The highest BCUT2D eigenvalue weighted by Gasteiger charge is 2.25. The largest absolute Gasteiger partial charge is 0.481 e. The number of hydrogen-bond donors (Lipinski definition) is 1. The molecule has 1 N–H and O–H groups in total. The lowest BCUT2D eigenvalue weighted by Gasteiger charge is -2.30. The fourth-order valence-corrected chi connectivity index (χ4v) is 2.25. The molecule has 0 bridgehead atoms. The minimum absolute atomic E-state index is 0. The van der Waals surface area contributed by atoms with E-state index >= 15 is 0 Å². The number of nitrogens with one attached hydrogen (secondary N) is 1. The number of amides is 1. The summed E-state index contributed by atoms with van der Waals surface area (Å²) in [7, 11) is 0. The van der Waals surface area contributed by atoms with E-state index in [0.717, 1.165) is 37.5 Å². The van der Waals surface area contributed by atoms with Crippen LogP contribution in [-0.2, 0) is 4.79 Å². The molecule has 4 nitrogen and oxygen atoms in total. The molecule has 0 saturated carbocycles. The number of hydrogen-bond acceptors (Lipinski definition) is 3. The third-order valence-electron chi connectivity index (χ3n) is 3.34. The minimum Gasteiger partial charge on any atom is -0.481 e. The van der Waals surface area contributed by atoms with Crippen LogP contribution in [0.15, 0.2) is 24.3 Å². The van der Waals surface area contributed by atoms with Crippen molar-refractivity contribution in [1.29, 1.82) is 0 Å². The maximum atomic E-state index is 12.4. The predicted octanol–water partition coefficient (Wildman–Crippen LogP) is 2.01. The minimum atomic E-state index is -0.375. The highest BCUT2D eigenvalue weighted by atomic mass is 35.5.